The number of carbonyl (C=O) groups is 2. The van der Waals surface area contributed by atoms with Gasteiger partial charge in [-0.2, -0.15) is 0 Å². The molecule has 1 aromatic carbocycles. The highest BCUT2D eigenvalue weighted by atomic mass is 32.2. The lowest BCUT2D eigenvalue weighted by Gasteiger charge is -2.24. The molecule has 1 N–H and O–H groups in total. The molecule has 2 rings (SSSR count). The Hall–Kier alpha value is -1.53. The second kappa shape index (κ2) is 10.9. The van der Waals surface area contributed by atoms with E-state index < -0.39 is 5.60 Å². The molecule has 1 unspecified atom stereocenters. The summed E-state index contributed by atoms with van der Waals surface area (Å²) in [5.41, 5.74) is 0.859. The Morgan fingerprint density at radius 2 is 1.93 bits per heavy atom. The fourth-order valence-electron chi connectivity index (χ4n) is 3.21. The number of benzene rings is 1. The Kier molecular flexibility index (Phi) is 8.83. The predicted octanol–water partition coefficient (Wildman–Crippen LogP) is 4.35. The summed E-state index contributed by atoms with van der Waals surface area (Å²) in [5, 5.41) is 2.99. The summed E-state index contributed by atoms with van der Waals surface area (Å²) in [5.74, 6) is 0.0129. The van der Waals surface area contributed by atoms with Crippen LogP contribution in [0.4, 0.5) is 0 Å². The first-order valence-corrected chi connectivity index (χ1v) is 11.0. The Bertz CT molecular complexity index is 640. The second-order valence-electron chi connectivity index (χ2n) is 8.38. The lowest BCUT2D eigenvalue weighted by molar-refractivity contribution is -0.154. The SMILES string of the molecule is CN(Sc1ccc(CCCCC(=O)OC(C)(C)C)cc1)C1CCCCNC1=O. The van der Waals surface area contributed by atoms with Crippen LogP contribution in [-0.2, 0) is 20.7 Å². The summed E-state index contributed by atoms with van der Waals surface area (Å²) in [6.45, 7) is 6.47. The Morgan fingerprint density at radius 1 is 1.21 bits per heavy atom. The van der Waals surface area contributed by atoms with E-state index in [1.165, 1.54) is 5.56 Å². The third-order valence-corrected chi connectivity index (χ3v) is 5.66. The molecule has 0 bridgehead atoms. The van der Waals surface area contributed by atoms with Crippen LogP contribution in [-0.4, -0.2) is 41.4 Å². The maximum atomic E-state index is 12.2. The van der Waals surface area contributed by atoms with Crippen LogP contribution in [0.2, 0.25) is 0 Å². The summed E-state index contributed by atoms with van der Waals surface area (Å²) in [6, 6.07) is 8.42. The van der Waals surface area contributed by atoms with Crippen LogP contribution in [0.3, 0.4) is 0 Å². The number of nitrogens with one attached hydrogen (secondary N) is 1. The van der Waals surface area contributed by atoms with Gasteiger partial charge >= 0.3 is 5.97 Å². The number of likely N-dealkylation sites (N-methyl/N-ethyl adjacent to an activating group) is 1. The molecule has 5 nitrogen and oxygen atoms in total. The Balaban J connectivity index is 1.74. The number of carbonyl (C=O) groups excluding carboxylic acids is 2. The van der Waals surface area contributed by atoms with E-state index in [9.17, 15) is 9.59 Å². The maximum Gasteiger partial charge on any atom is 0.306 e. The zero-order chi connectivity index (χ0) is 20.6. The minimum Gasteiger partial charge on any atom is -0.460 e. The topological polar surface area (TPSA) is 58.6 Å². The van der Waals surface area contributed by atoms with Crippen LogP contribution in [0.5, 0.6) is 0 Å². The third kappa shape index (κ3) is 8.23. The van der Waals surface area contributed by atoms with E-state index in [2.05, 4.69) is 33.9 Å². The normalized spacial score (nSPS) is 17.9. The zero-order valence-corrected chi connectivity index (χ0v) is 18.4. The van der Waals surface area contributed by atoms with Gasteiger partial charge in [-0.25, -0.2) is 4.31 Å². The molecule has 1 aliphatic rings. The minimum atomic E-state index is -0.408. The van der Waals surface area contributed by atoms with Crippen LogP contribution in [0.1, 0.15) is 64.9 Å². The van der Waals surface area contributed by atoms with Crippen molar-refractivity contribution >= 4 is 23.8 Å². The van der Waals surface area contributed by atoms with Crippen LogP contribution in [0.15, 0.2) is 29.2 Å². The van der Waals surface area contributed by atoms with Gasteiger partial charge in [0.1, 0.15) is 5.60 Å². The van der Waals surface area contributed by atoms with Gasteiger partial charge in [0.2, 0.25) is 5.91 Å². The quantitative estimate of drug-likeness (QED) is 0.395. The van der Waals surface area contributed by atoms with Crippen molar-refractivity contribution in [3.63, 3.8) is 0 Å². The van der Waals surface area contributed by atoms with Gasteiger partial charge < -0.3 is 10.1 Å². The first-order chi connectivity index (χ1) is 13.2. The Labute approximate surface area is 173 Å². The third-order valence-electron chi connectivity index (χ3n) is 4.63. The van der Waals surface area contributed by atoms with E-state index >= 15 is 0 Å². The fourth-order valence-corrected chi connectivity index (χ4v) is 4.13. The van der Waals surface area contributed by atoms with Crippen LogP contribution in [0.25, 0.3) is 0 Å². The van der Waals surface area contributed by atoms with Gasteiger partial charge in [0.05, 0.1) is 6.04 Å². The molecule has 1 aliphatic heterocycles. The van der Waals surface area contributed by atoms with E-state index in [0.717, 1.165) is 50.0 Å². The lowest BCUT2D eigenvalue weighted by Crippen LogP contribution is -2.40. The minimum absolute atomic E-state index is 0.0694. The molecular formula is C22H34N2O3S. The van der Waals surface area contributed by atoms with Crippen LogP contribution >= 0.6 is 11.9 Å². The van der Waals surface area contributed by atoms with Crippen molar-refractivity contribution in [2.24, 2.45) is 0 Å². The average Bonchev–Trinajstić information content (AvgIpc) is 2.83. The monoisotopic (exact) mass is 406 g/mol. The number of aryl methyl sites for hydroxylation is 1. The van der Waals surface area contributed by atoms with E-state index in [1.807, 2.05) is 27.8 Å². The molecular weight excluding hydrogens is 372 g/mol. The van der Waals surface area contributed by atoms with Crippen molar-refractivity contribution in [2.45, 2.75) is 82.3 Å². The number of amides is 1. The molecule has 0 radical (unpaired) electrons. The number of rotatable bonds is 8. The summed E-state index contributed by atoms with van der Waals surface area (Å²) in [6.07, 6.45) is 6.28. The number of esters is 1. The molecule has 1 aromatic rings. The molecule has 1 amide bonds. The van der Waals surface area contributed by atoms with Crippen molar-refractivity contribution in [3.8, 4) is 0 Å². The molecule has 1 fully saturated rings. The summed E-state index contributed by atoms with van der Waals surface area (Å²) >= 11 is 1.62. The van der Waals surface area contributed by atoms with Gasteiger partial charge in [-0.05, 0) is 96.0 Å². The van der Waals surface area contributed by atoms with Gasteiger partial charge in [-0.1, -0.05) is 12.1 Å². The molecule has 1 atom stereocenters. The maximum absolute atomic E-state index is 12.2. The average molecular weight is 407 g/mol. The molecule has 0 aromatic heterocycles. The van der Waals surface area contributed by atoms with Gasteiger partial charge in [0.15, 0.2) is 0 Å². The first-order valence-electron chi connectivity index (χ1n) is 10.2. The molecule has 0 aliphatic carbocycles. The molecule has 0 spiro atoms. The fraction of sp³-hybridized carbons (Fsp3) is 0.636. The highest BCUT2D eigenvalue weighted by molar-refractivity contribution is 7.97. The number of unbranched alkanes of at least 4 members (excludes halogenated alkanes) is 1. The highest BCUT2D eigenvalue weighted by Gasteiger charge is 2.25. The summed E-state index contributed by atoms with van der Waals surface area (Å²) < 4.78 is 7.40. The summed E-state index contributed by atoms with van der Waals surface area (Å²) in [7, 11) is 1.99. The van der Waals surface area contributed by atoms with Gasteiger partial charge in [-0.15, -0.1) is 0 Å². The molecule has 156 valence electrons. The second-order valence-corrected chi connectivity index (χ2v) is 9.61. The van der Waals surface area contributed by atoms with Crippen molar-refractivity contribution in [3.05, 3.63) is 29.8 Å². The zero-order valence-electron chi connectivity index (χ0n) is 17.6. The van der Waals surface area contributed by atoms with E-state index in [1.54, 1.807) is 11.9 Å². The van der Waals surface area contributed by atoms with Crippen molar-refractivity contribution in [1.82, 2.24) is 9.62 Å². The molecule has 0 saturated carbocycles. The highest BCUT2D eigenvalue weighted by Crippen LogP contribution is 2.26. The molecule has 1 saturated heterocycles. The van der Waals surface area contributed by atoms with Gasteiger partial charge in [0, 0.05) is 17.9 Å². The van der Waals surface area contributed by atoms with E-state index in [0.29, 0.717) is 6.42 Å². The predicted molar refractivity (Wildman–Crippen MR) is 114 cm³/mol. The van der Waals surface area contributed by atoms with E-state index in [4.69, 9.17) is 4.74 Å². The van der Waals surface area contributed by atoms with Crippen molar-refractivity contribution in [2.75, 3.05) is 13.6 Å². The molecule has 6 heteroatoms. The first kappa shape index (κ1) is 22.8. The van der Waals surface area contributed by atoms with Crippen molar-refractivity contribution in [1.29, 1.82) is 0 Å². The molecule has 28 heavy (non-hydrogen) atoms. The van der Waals surface area contributed by atoms with Gasteiger partial charge in [-0.3, -0.25) is 9.59 Å². The van der Waals surface area contributed by atoms with Crippen molar-refractivity contribution < 1.29 is 14.3 Å². The standard InChI is InChI=1S/C22H34N2O3S/c1-22(2,3)27-20(25)11-6-5-9-17-12-14-18(15-13-17)28-24(4)19-10-7-8-16-23-21(19)26/h12-15,19H,5-11,16H2,1-4H3,(H,23,26). The number of hydrogen-bond acceptors (Lipinski definition) is 5. The van der Waals surface area contributed by atoms with E-state index in [-0.39, 0.29) is 17.9 Å². The number of ether oxygens (including phenoxy) is 1. The number of hydrogen-bond donors (Lipinski definition) is 1. The van der Waals surface area contributed by atoms with Crippen LogP contribution < -0.4 is 5.32 Å². The smallest absolute Gasteiger partial charge is 0.306 e. The van der Waals surface area contributed by atoms with Gasteiger partial charge in [0.25, 0.3) is 0 Å². The molecule has 1 heterocycles. The largest absolute Gasteiger partial charge is 0.460 e. The lowest BCUT2D eigenvalue weighted by atomic mass is 10.1. The van der Waals surface area contributed by atoms with Crippen LogP contribution in [0, 0.1) is 0 Å². The Morgan fingerprint density at radius 3 is 2.61 bits per heavy atom. The summed E-state index contributed by atoms with van der Waals surface area (Å²) in [4.78, 5) is 25.0. The number of nitrogens with zero attached hydrogens (tertiary/aromatic N) is 1.